The second-order valence-electron chi connectivity index (χ2n) is 4.88. The number of nitrogens with one attached hydrogen (secondary N) is 2. The molecule has 1 aromatic heterocycles. The Balaban J connectivity index is 2.77. The maximum absolute atomic E-state index is 12.3. The lowest BCUT2D eigenvalue weighted by Crippen LogP contribution is -2.35. The number of anilines is 1. The van der Waals surface area contributed by atoms with Crippen molar-refractivity contribution < 1.29 is 4.79 Å². The molecule has 1 heterocycles. The number of carbonyl (C=O) groups excluding carboxylic acids is 1. The summed E-state index contributed by atoms with van der Waals surface area (Å²) in [7, 11) is 1.76. The van der Waals surface area contributed by atoms with Gasteiger partial charge < -0.3 is 10.6 Å². The van der Waals surface area contributed by atoms with E-state index in [9.17, 15) is 4.79 Å². The van der Waals surface area contributed by atoms with Gasteiger partial charge in [-0.15, -0.1) is 0 Å². The van der Waals surface area contributed by atoms with E-state index in [4.69, 9.17) is 11.6 Å². The standard InChI is InChI=1S/C15H24ClN3O/c1-4-6-8-11(7-5-2)18-15(20)14-12(16)9-10-13(17-3)19-14/h9-11H,4-8H2,1-3H3,(H,17,19)(H,18,20). The summed E-state index contributed by atoms with van der Waals surface area (Å²) < 4.78 is 0. The molecule has 0 saturated carbocycles. The van der Waals surface area contributed by atoms with E-state index >= 15 is 0 Å². The topological polar surface area (TPSA) is 54.0 Å². The number of aromatic nitrogens is 1. The van der Waals surface area contributed by atoms with Gasteiger partial charge in [0.05, 0.1) is 5.02 Å². The Bertz CT molecular complexity index is 437. The van der Waals surface area contributed by atoms with Crippen molar-refractivity contribution in [1.29, 1.82) is 0 Å². The molecule has 0 aliphatic heterocycles. The number of unbranched alkanes of at least 4 members (excludes halogenated alkanes) is 1. The quantitative estimate of drug-likeness (QED) is 0.766. The van der Waals surface area contributed by atoms with Crippen LogP contribution in [0.4, 0.5) is 5.82 Å². The van der Waals surface area contributed by atoms with Crippen molar-refractivity contribution in [2.75, 3.05) is 12.4 Å². The van der Waals surface area contributed by atoms with Crippen LogP contribution >= 0.6 is 11.6 Å². The Morgan fingerprint density at radius 1 is 1.30 bits per heavy atom. The summed E-state index contributed by atoms with van der Waals surface area (Å²) in [5.74, 6) is 0.446. The monoisotopic (exact) mass is 297 g/mol. The van der Waals surface area contributed by atoms with Gasteiger partial charge in [0.25, 0.3) is 5.91 Å². The zero-order valence-corrected chi connectivity index (χ0v) is 13.3. The Hall–Kier alpha value is -1.29. The molecule has 5 heteroatoms. The van der Waals surface area contributed by atoms with E-state index in [-0.39, 0.29) is 17.6 Å². The summed E-state index contributed by atoms with van der Waals surface area (Å²) in [4.78, 5) is 16.5. The minimum absolute atomic E-state index is 0.193. The molecule has 112 valence electrons. The third kappa shape index (κ3) is 5.00. The molecule has 0 saturated heterocycles. The SMILES string of the molecule is CCCCC(CCC)NC(=O)c1nc(NC)ccc1Cl. The van der Waals surface area contributed by atoms with Gasteiger partial charge in [-0.2, -0.15) is 0 Å². The third-order valence-electron chi connectivity index (χ3n) is 3.20. The summed E-state index contributed by atoms with van der Waals surface area (Å²) >= 11 is 6.06. The summed E-state index contributed by atoms with van der Waals surface area (Å²) in [6.07, 6.45) is 5.27. The van der Waals surface area contributed by atoms with Crippen molar-refractivity contribution in [2.24, 2.45) is 0 Å². The molecular formula is C15H24ClN3O. The van der Waals surface area contributed by atoms with Gasteiger partial charge in [0.2, 0.25) is 0 Å². The zero-order valence-electron chi connectivity index (χ0n) is 12.5. The van der Waals surface area contributed by atoms with Gasteiger partial charge in [0.1, 0.15) is 11.5 Å². The number of nitrogens with zero attached hydrogens (tertiary/aromatic N) is 1. The van der Waals surface area contributed by atoms with E-state index in [2.05, 4.69) is 29.5 Å². The smallest absolute Gasteiger partial charge is 0.271 e. The van der Waals surface area contributed by atoms with Crippen LogP contribution in [0.25, 0.3) is 0 Å². The molecule has 0 aliphatic carbocycles. The molecule has 4 nitrogen and oxygen atoms in total. The Kier molecular flexibility index (Phi) is 7.37. The summed E-state index contributed by atoms with van der Waals surface area (Å²) in [5.41, 5.74) is 0.288. The highest BCUT2D eigenvalue weighted by Crippen LogP contribution is 2.17. The first-order valence-corrected chi connectivity index (χ1v) is 7.65. The lowest BCUT2D eigenvalue weighted by atomic mass is 10.0. The minimum atomic E-state index is -0.193. The van der Waals surface area contributed by atoms with Crippen LogP contribution in [0.15, 0.2) is 12.1 Å². The number of hydrogen-bond donors (Lipinski definition) is 2. The number of pyridine rings is 1. The van der Waals surface area contributed by atoms with E-state index in [1.54, 1.807) is 19.2 Å². The number of hydrogen-bond acceptors (Lipinski definition) is 3. The highest BCUT2D eigenvalue weighted by atomic mass is 35.5. The molecule has 0 bridgehead atoms. The summed E-state index contributed by atoms with van der Waals surface area (Å²) in [5, 5.41) is 6.34. The second-order valence-corrected chi connectivity index (χ2v) is 5.29. The fourth-order valence-corrected chi connectivity index (χ4v) is 2.27. The molecule has 0 radical (unpaired) electrons. The summed E-state index contributed by atoms with van der Waals surface area (Å²) in [6.45, 7) is 4.28. The van der Waals surface area contributed by atoms with Crippen molar-refractivity contribution in [3.63, 3.8) is 0 Å². The van der Waals surface area contributed by atoms with Crippen LogP contribution in [0.5, 0.6) is 0 Å². The first kappa shape index (κ1) is 16.8. The van der Waals surface area contributed by atoms with E-state index in [1.165, 1.54) is 0 Å². The average molecular weight is 298 g/mol. The predicted molar refractivity (Wildman–Crippen MR) is 84.5 cm³/mol. The van der Waals surface area contributed by atoms with Crippen LogP contribution in [0, 0.1) is 0 Å². The molecule has 0 fully saturated rings. The predicted octanol–water partition coefficient (Wildman–Crippen LogP) is 3.87. The molecule has 0 aromatic carbocycles. The lowest BCUT2D eigenvalue weighted by Gasteiger charge is -2.18. The molecular weight excluding hydrogens is 274 g/mol. The number of amides is 1. The van der Waals surface area contributed by atoms with Crippen LogP contribution in [-0.4, -0.2) is 24.0 Å². The molecule has 1 atom stereocenters. The maximum atomic E-state index is 12.3. The van der Waals surface area contributed by atoms with E-state index in [0.717, 1.165) is 32.1 Å². The van der Waals surface area contributed by atoms with Gasteiger partial charge in [-0.05, 0) is 25.0 Å². The van der Waals surface area contributed by atoms with Gasteiger partial charge in [0.15, 0.2) is 0 Å². The first-order chi connectivity index (χ1) is 9.62. The van der Waals surface area contributed by atoms with Crippen LogP contribution in [-0.2, 0) is 0 Å². The Morgan fingerprint density at radius 2 is 2.05 bits per heavy atom. The molecule has 2 N–H and O–H groups in total. The highest BCUT2D eigenvalue weighted by molar-refractivity contribution is 6.33. The van der Waals surface area contributed by atoms with Crippen molar-refractivity contribution in [1.82, 2.24) is 10.3 Å². The third-order valence-corrected chi connectivity index (χ3v) is 3.50. The van der Waals surface area contributed by atoms with Crippen molar-refractivity contribution in [2.45, 2.75) is 52.0 Å². The molecule has 1 rings (SSSR count). The van der Waals surface area contributed by atoms with Gasteiger partial charge in [-0.1, -0.05) is 44.7 Å². The van der Waals surface area contributed by atoms with Crippen LogP contribution < -0.4 is 10.6 Å². The zero-order chi connectivity index (χ0) is 15.0. The first-order valence-electron chi connectivity index (χ1n) is 7.27. The number of halogens is 1. The lowest BCUT2D eigenvalue weighted by molar-refractivity contribution is 0.0927. The highest BCUT2D eigenvalue weighted by Gasteiger charge is 2.17. The van der Waals surface area contributed by atoms with Gasteiger partial charge in [-0.3, -0.25) is 4.79 Å². The Morgan fingerprint density at radius 3 is 2.65 bits per heavy atom. The maximum Gasteiger partial charge on any atom is 0.271 e. The van der Waals surface area contributed by atoms with Crippen LogP contribution in [0.2, 0.25) is 5.02 Å². The molecule has 1 aromatic rings. The Labute approximate surface area is 126 Å². The second kappa shape index (κ2) is 8.80. The van der Waals surface area contributed by atoms with Crippen molar-refractivity contribution in [3.05, 3.63) is 22.8 Å². The molecule has 0 spiro atoms. The van der Waals surface area contributed by atoms with E-state index < -0.39 is 0 Å². The van der Waals surface area contributed by atoms with Crippen molar-refractivity contribution >= 4 is 23.3 Å². The molecule has 20 heavy (non-hydrogen) atoms. The van der Waals surface area contributed by atoms with E-state index in [0.29, 0.717) is 10.8 Å². The number of carbonyl (C=O) groups is 1. The fourth-order valence-electron chi connectivity index (χ4n) is 2.08. The molecule has 1 unspecified atom stereocenters. The number of rotatable bonds is 8. The minimum Gasteiger partial charge on any atom is -0.373 e. The van der Waals surface area contributed by atoms with Crippen LogP contribution in [0.1, 0.15) is 56.4 Å². The van der Waals surface area contributed by atoms with Crippen molar-refractivity contribution in [3.8, 4) is 0 Å². The van der Waals surface area contributed by atoms with Gasteiger partial charge in [-0.25, -0.2) is 4.98 Å². The summed E-state index contributed by atoms with van der Waals surface area (Å²) in [6, 6.07) is 3.64. The van der Waals surface area contributed by atoms with Crippen LogP contribution in [0.3, 0.4) is 0 Å². The van der Waals surface area contributed by atoms with Gasteiger partial charge >= 0.3 is 0 Å². The largest absolute Gasteiger partial charge is 0.373 e. The average Bonchev–Trinajstić information content (AvgIpc) is 2.45. The fraction of sp³-hybridized carbons (Fsp3) is 0.600. The van der Waals surface area contributed by atoms with Gasteiger partial charge in [0, 0.05) is 13.1 Å². The molecule has 1 amide bonds. The van der Waals surface area contributed by atoms with E-state index in [1.807, 2.05) is 0 Å². The molecule has 0 aliphatic rings. The normalized spacial score (nSPS) is 12.0.